The number of aromatic hydroxyl groups is 1. The fourth-order valence-corrected chi connectivity index (χ4v) is 7.56. The molecule has 4 atom stereocenters. The lowest BCUT2D eigenvalue weighted by Crippen LogP contribution is -2.36. The zero-order valence-electron chi connectivity index (χ0n) is 24.8. The molecule has 0 bridgehead atoms. The molecule has 2 nitrogen and oxygen atoms in total. The van der Waals surface area contributed by atoms with Gasteiger partial charge in [0.25, 0.3) is 0 Å². The predicted octanol–water partition coefficient (Wildman–Crippen LogP) is 9.90. The number of hydrogen-bond donors (Lipinski definition) is 1. The van der Waals surface area contributed by atoms with Crippen molar-refractivity contribution in [3.63, 3.8) is 0 Å². The van der Waals surface area contributed by atoms with Crippen LogP contribution in [-0.4, -0.2) is 28.2 Å². The standard InChI is InChI=1S/C35H51NOS/c1-9-25(6)35-36(8)26(7)31(23-38-35)18-14-16-29(12-4)32-21-28(20-27(10-2)11-3)22-33(37)34(32)30-17-13-15-24(5)19-30/h9,12,14,18-19,21-22,25,27,29-30,35,37H,1,4,10-11,13,15-17,20,23H2,2-3,5-8H3/b18-14+. The SMILES string of the molecule is C=CC(C/C=C/C1=C(C)N(C)C(C(C)C=C)SC1)c1cc(CC(CC)CC)cc(O)c1C1C=C(C)CCC1. The number of rotatable bonds is 12. The molecule has 1 aliphatic heterocycles. The van der Waals surface area contributed by atoms with Crippen LogP contribution in [0.25, 0.3) is 0 Å². The molecule has 0 radical (unpaired) electrons. The smallest absolute Gasteiger partial charge is 0.119 e. The van der Waals surface area contributed by atoms with Crippen LogP contribution in [0.2, 0.25) is 0 Å². The van der Waals surface area contributed by atoms with Gasteiger partial charge < -0.3 is 10.0 Å². The Morgan fingerprint density at radius 1 is 1.16 bits per heavy atom. The van der Waals surface area contributed by atoms with Crippen LogP contribution in [0, 0.1) is 11.8 Å². The van der Waals surface area contributed by atoms with Crippen LogP contribution < -0.4 is 0 Å². The third-order valence-electron chi connectivity index (χ3n) is 8.87. The van der Waals surface area contributed by atoms with Gasteiger partial charge in [0.1, 0.15) is 5.75 Å². The second kappa shape index (κ2) is 14.3. The Labute approximate surface area is 237 Å². The van der Waals surface area contributed by atoms with Crippen LogP contribution >= 0.6 is 11.8 Å². The first-order valence-electron chi connectivity index (χ1n) is 14.7. The van der Waals surface area contributed by atoms with E-state index in [4.69, 9.17) is 0 Å². The molecule has 1 heterocycles. The first-order valence-corrected chi connectivity index (χ1v) is 15.8. The fourth-order valence-electron chi connectivity index (χ4n) is 6.10. The highest BCUT2D eigenvalue weighted by Crippen LogP contribution is 2.43. The van der Waals surface area contributed by atoms with Crippen molar-refractivity contribution in [1.82, 2.24) is 4.90 Å². The van der Waals surface area contributed by atoms with Crippen molar-refractivity contribution in [3.05, 3.63) is 89.2 Å². The van der Waals surface area contributed by atoms with Gasteiger partial charge in [-0.25, -0.2) is 0 Å². The van der Waals surface area contributed by atoms with Crippen LogP contribution in [0.5, 0.6) is 5.75 Å². The van der Waals surface area contributed by atoms with Crippen LogP contribution in [0.1, 0.15) is 102 Å². The third kappa shape index (κ3) is 7.29. The number of allylic oxidation sites excluding steroid dienone is 6. The zero-order chi connectivity index (χ0) is 27.8. The number of thioether (sulfide) groups is 1. The largest absolute Gasteiger partial charge is 0.508 e. The van der Waals surface area contributed by atoms with Gasteiger partial charge in [-0.1, -0.05) is 75.6 Å². The lowest BCUT2D eigenvalue weighted by atomic mass is 9.78. The van der Waals surface area contributed by atoms with E-state index >= 15 is 0 Å². The Balaban J connectivity index is 1.92. The molecule has 3 heteroatoms. The average molecular weight is 534 g/mol. The van der Waals surface area contributed by atoms with E-state index in [1.54, 1.807) is 0 Å². The van der Waals surface area contributed by atoms with E-state index in [0.717, 1.165) is 30.6 Å². The number of phenols is 1. The maximum absolute atomic E-state index is 11.4. The molecule has 0 fully saturated rings. The van der Waals surface area contributed by atoms with Crippen LogP contribution in [0.4, 0.5) is 0 Å². The van der Waals surface area contributed by atoms with Gasteiger partial charge in [0.05, 0.1) is 5.37 Å². The van der Waals surface area contributed by atoms with E-state index in [1.807, 2.05) is 11.8 Å². The Morgan fingerprint density at radius 3 is 2.53 bits per heavy atom. The van der Waals surface area contributed by atoms with E-state index in [0.29, 0.717) is 23.0 Å². The topological polar surface area (TPSA) is 23.5 Å². The summed E-state index contributed by atoms with van der Waals surface area (Å²) in [7, 11) is 2.20. The van der Waals surface area contributed by atoms with E-state index in [-0.39, 0.29) is 11.8 Å². The lowest BCUT2D eigenvalue weighted by molar-refractivity contribution is 0.339. The van der Waals surface area contributed by atoms with Gasteiger partial charge in [0, 0.05) is 41.8 Å². The summed E-state index contributed by atoms with van der Waals surface area (Å²) in [5.74, 6) is 3.05. The molecular weight excluding hydrogens is 482 g/mol. The molecule has 4 unspecified atom stereocenters. The van der Waals surface area contributed by atoms with Gasteiger partial charge in [0.15, 0.2) is 0 Å². The zero-order valence-corrected chi connectivity index (χ0v) is 25.6. The van der Waals surface area contributed by atoms with Crippen molar-refractivity contribution < 1.29 is 5.11 Å². The summed E-state index contributed by atoms with van der Waals surface area (Å²) in [4.78, 5) is 2.40. The summed E-state index contributed by atoms with van der Waals surface area (Å²) in [6.07, 6.45) is 18.9. The fraction of sp³-hybridized carbons (Fsp3) is 0.543. The highest BCUT2D eigenvalue weighted by molar-refractivity contribution is 8.00. The second-order valence-electron chi connectivity index (χ2n) is 11.5. The summed E-state index contributed by atoms with van der Waals surface area (Å²) in [6, 6.07) is 4.44. The van der Waals surface area contributed by atoms with Crippen molar-refractivity contribution in [2.75, 3.05) is 12.8 Å². The first-order chi connectivity index (χ1) is 18.2. The summed E-state index contributed by atoms with van der Waals surface area (Å²) in [5.41, 5.74) is 7.83. The third-order valence-corrected chi connectivity index (χ3v) is 10.4. The summed E-state index contributed by atoms with van der Waals surface area (Å²) < 4.78 is 0. The molecule has 1 aliphatic carbocycles. The van der Waals surface area contributed by atoms with Crippen LogP contribution in [0.15, 0.2) is 72.5 Å². The van der Waals surface area contributed by atoms with Gasteiger partial charge in [-0.05, 0) is 74.6 Å². The number of benzene rings is 1. The Morgan fingerprint density at radius 2 is 1.89 bits per heavy atom. The molecule has 0 aromatic heterocycles. The molecule has 38 heavy (non-hydrogen) atoms. The Bertz CT molecular complexity index is 1060. The normalized spacial score (nSPS) is 22.1. The van der Waals surface area contributed by atoms with Gasteiger partial charge >= 0.3 is 0 Å². The van der Waals surface area contributed by atoms with Crippen LogP contribution in [-0.2, 0) is 6.42 Å². The lowest BCUT2D eigenvalue weighted by Gasteiger charge is -2.38. The first kappa shape index (κ1) is 30.4. The van der Waals surface area contributed by atoms with E-state index < -0.39 is 0 Å². The summed E-state index contributed by atoms with van der Waals surface area (Å²) >= 11 is 2.00. The minimum atomic E-state index is 0.174. The van der Waals surface area contributed by atoms with Crippen molar-refractivity contribution >= 4 is 11.8 Å². The molecule has 1 aromatic carbocycles. The minimum Gasteiger partial charge on any atom is -0.508 e. The minimum absolute atomic E-state index is 0.174. The van der Waals surface area contributed by atoms with Gasteiger partial charge in [-0.15, -0.1) is 24.9 Å². The van der Waals surface area contributed by atoms with E-state index in [1.165, 1.54) is 53.7 Å². The van der Waals surface area contributed by atoms with Crippen molar-refractivity contribution in [2.45, 2.75) is 96.8 Å². The molecule has 3 rings (SSSR count). The molecular formula is C35H51NOS. The summed E-state index contributed by atoms with van der Waals surface area (Å²) in [5, 5.41) is 11.8. The molecule has 1 aromatic rings. The number of phenolic OH excluding ortho intramolecular Hbond substituents is 1. The quantitative estimate of drug-likeness (QED) is 0.270. The molecule has 0 saturated carbocycles. The predicted molar refractivity (Wildman–Crippen MR) is 169 cm³/mol. The maximum atomic E-state index is 11.4. The Hall–Kier alpha value is -2.13. The maximum Gasteiger partial charge on any atom is 0.119 e. The molecule has 0 amide bonds. The van der Waals surface area contributed by atoms with E-state index in [9.17, 15) is 5.11 Å². The summed E-state index contributed by atoms with van der Waals surface area (Å²) in [6.45, 7) is 19.5. The average Bonchev–Trinajstić information content (AvgIpc) is 2.91. The number of hydrogen-bond acceptors (Lipinski definition) is 3. The molecule has 0 spiro atoms. The van der Waals surface area contributed by atoms with Crippen molar-refractivity contribution in [1.29, 1.82) is 0 Å². The van der Waals surface area contributed by atoms with Crippen LogP contribution in [0.3, 0.4) is 0 Å². The highest BCUT2D eigenvalue weighted by atomic mass is 32.2. The Kier molecular flexibility index (Phi) is 11.5. The van der Waals surface area contributed by atoms with Gasteiger partial charge in [-0.2, -0.15) is 0 Å². The second-order valence-corrected chi connectivity index (χ2v) is 12.6. The van der Waals surface area contributed by atoms with Gasteiger partial charge in [0.2, 0.25) is 0 Å². The van der Waals surface area contributed by atoms with E-state index in [2.05, 4.69) is 102 Å². The molecule has 0 saturated heterocycles. The molecule has 2 aliphatic rings. The molecule has 1 N–H and O–H groups in total. The monoisotopic (exact) mass is 533 g/mol. The van der Waals surface area contributed by atoms with Crippen molar-refractivity contribution in [2.24, 2.45) is 11.8 Å². The molecule has 208 valence electrons. The van der Waals surface area contributed by atoms with Crippen molar-refractivity contribution in [3.8, 4) is 5.75 Å². The number of nitrogens with zero attached hydrogens (tertiary/aromatic N) is 1. The highest BCUT2D eigenvalue weighted by Gasteiger charge is 2.27. The van der Waals surface area contributed by atoms with Gasteiger partial charge in [-0.3, -0.25) is 0 Å².